The number of guanidine groups is 1. The van der Waals surface area contributed by atoms with Crippen LogP contribution < -0.4 is 10.9 Å². The van der Waals surface area contributed by atoms with Crippen LogP contribution in [0.4, 0.5) is 0 Å². The van der Waals surface area contributed by atoms with Crippen LogP contribution in [0, 0.1) is 0 Å². The lowest BCUT2D eigenvalue weighted by Crippen LogP contribution is -2.53. The smallest absolute Gasteiger partial charge is 0.250 e. The minimum absolute atomic E-state index is 0.0600. The number of aliphatic imine (C=N–C) groups is 1. The SMILES string of the molecule is CN=C(NCCCCn1ccccc1=O)N1CCOC(C2CCCO2)C1. The van der Waals surface area contributed by atoms with Crippen LogP contribution in [0.15, 0.2) is 34.2 Å². The first-order chi connectivity index (χ1) is 12.8. The molecule has 3 rings (SSSR count). The summed E-state index contributed by atoms with van der Waals surface area (Å²) in [5, 5.41) is 3.44. The molecule has 0 radical (unpaired) electrons. The molecule has 26 heavy (non-hydrogen) atoms. The average molecular weight is 362 g/mol. The second-order valence-electron chi connectivity index (χ2n) is 6.82. The summed E-state index contributed by atoms with van der Waals surface area (Å²) in [6.07, 6.45) is 6.35. The van der Waals surface area contributed by atoms with Crippen molar-refractivity contribution in [3.63, 3.8) is 0 Å². The van der Waals surface area contributed by atoms with E-state index in [9.17, 15) is 4.79 Å². The van der Waals surface area contributed by atoms with E-state index in [1.54, 1.807) is 16.7 Å². The van der Waals surface area contributed by atoms with E-state index in [0.717, 1.165) is 64.4 Å². The summed E-state index contributed by atoms with van der Waals surface area (Å²) in [5.41, 5.74) is 0.0600. The molecule has 2 unspecified atom stereocenters. The van der Waals surface area contributed by atoms with E-state index in [0.29, 0.717) is 6.61 Å². The molecule has 1 aromatic heterocycles. The van der Waals surface area contributed by atoms with Gasteiger partial charge in [0.25, 0.3) is 0 Å². The number of aryl methyl sites for hydroxylation is 1. The molecule has 7 heteroatoms. The highest BCUT2D eigenvalue weighted by molar-refractivity contribution is 5.80. The van der Waals surface area contributed by atoms with Crippen molar-refractivity contribution in [3.05, 3.63) is 34.7 Å². The Balaban J connectivity index is 1.40. The molecule has 2 aliphatic heterocycles. The van der Waals surface area contributed by atoms with Gasteiger partial charge in [0.05, 0.1) is 12.7 Å². The molecule has 7 nitrogen and oxygen atoms in total. The predicted molar refractivity (Wildman–Crippen MR) is 102 cm³/mol. The molecule has 2 aliphatic rings. The number of nitrogens with one attached hydrogen (secondary N) is 1. The van der Waals surface area contributed by atoms with E-state index in [-0.39, 0.29) is 17.8 Å². The number of aromatic nitrogens is 1. The van der Waals surface area contributed by atoms with E-state index in [4.69, 9.17) is 9.47 Å². The normalized spacial score (nSPS) is 24.0. The zero-order valence-corrected chi connectivity index (χ0v) is 15.6. The van der Waals surface area contributed by atoms with Crippen LogP contribution >= 0.6 is 0 Å². The third kappa shape index (κ3) is 5.08. The maximum atomic E-state index is 11.7. The Kier molecular flexibility index (Phi) is 7.08. The topological polar surface area (TPSA) is 68.1 Å². The Morgan fingerprint density at radius 2 is 2.15 bits per heavy atom. The van der Waals surface area contributed by atoms with Gasteiger partial charge >= 0.3 is 0 Å². The molecule has 0 aliphatic carbocycles. The molecule has 2 saturated heterocycles. The predicted octanol–water partition coefficient (Wildman–Crippen LogP) is 1.08. The fraction of sp³-hybridized carbons (Fsp3) is 0.684. The van der Waals surface area contributed by atoms with Crippen molar-refractivity contribution in [2.75, 3.05) is 39.9 Å². The highest BCUT2D eigenvalue weighted by Gasteiger charge is 2.32. The van der Waals surface area contributed by atoms with E-state index in [1.165, 1.54) is 0 Å². The molecule has 0 spiro atoms. The second-order valence-corrected chi connectivity index (χ2v) is 6.82. The summed E-state index contributed by atoms with van der Waals surface area (Å²) in [7, 11) is 1.82. The maximum Gasteiger partial charge on any atom is 0.250 e. The third-order valence-electron chi connectivity index (χ3n) is 4.99. The standard InChI is InChI=1S/C19H30N4O3/c1-20-19(21-9-3-5-11-22-10-4-2-8-18(22)24)23-12-14-26-17(15-23)16-7-6-13-25-16/h2,4,8,10,16-17H,3,5-7,9,11-15H2,1H3,(H,20,21). The Hall–Kier alpha value is -1.86. The van der Waals surface area contributed by atoms with E-state index < -0.39 is 0 Å². The van der Waals surface area contributed by atoms with Gasteiger partial charge in [-0.25, -0.2) is 0 Å². The maximum absolute atomic E-state index is 11.7. The van der Waals surface area contributed by atoms with Crippen LogP contribution in [0.1, 0.15) is 25.7 Å². The fourth-order valence-electron chi connectivity index (χ4n) is 3.57. The quantitative estimate of drug-likeness (QED) is 0.466. The molecule has 3 heterocycles. The summed E-state index contributed by atoms with van der Waals surface area (Å²) in [4.78, 5) is 18.4. The van der Waals surface area contributed by atoms with Gasteiger partial charge in [-0.1, -0.05) is 6.07 Å². The monoisotopic (exact) mass is 362 g/mol. The first-order valence-corrected chi connectivity index (χ1v) is 9.62. The second kappa shape index (κ2) is 9.73. The minimum Gasteiger partial charge on any atom is -0.375 e. The third-order valence-corrected chi connectivity index (χ3v) is 4.99. The number of pyridine rings is 1. The van der Waals surface area contributed by atoms with Gasteiger partial charge in [-0.15, -0.1) is 0 Å². The lowest BCUT2D eigenvalue weighted by Gasteiger charge is -2.37. The van der Waals surface area contributed by atoms with Crippen LogP contribution in [-0.4, -0.2) is 67.5 Å². The molecule has 2 fully saturated rings. The van der Waals surface area contributed by atoms with E-state index in [2.05, 4.69) is 15.2 Å². The number of ether oxygens (including phenoxy) is 2. The molecule has 0 amide bonds. The minimum atomic E-state index is 0.0600. The van der Waals surface area contributed by atoms with Crippen LogP contribution in [-0.2, 0) is 16.0 Å². The first-order valence-electron chi connectivity index (χ1n) is 9.62. The average Bonchev–Trinajstić information content (AvgIpc) is 3.21. The zero-order chi connectivity index (χ0) is 18.2. The molecule has 144 valence electrons. The Morgan fingerprint density at radius 3 is 2.92 bits per heavy atom. The molecule has 0 bridgehead atoms. The van der Waals surface area contributed by atoms with Gasteiger partial charge in [-0.05, 0) is 31.7 Å². The summed E-state index contributed by atoms with van der Waals surface area (Å²) >= 11 is 0. The summed E-state index contributed by atoms with van der Waals surface area (Å²) in [6.45, 7) is 4.82. The molecule has 1 aromatic rings. The molecule has 0 saturated carbocycles. The molecule has 2 atom stereocenters. The number of nitrogens with zero attached hydrogens (tertiary/aromatic N) is 3. The van der Waals surface area contributed by atoms with Gasteiger partial charge < -0.3 is 24.3 Å². The van der Waals surface area contributed by atoms with E-state index >= 15 is 0 Å². The van der Waals surface area contributed by atoms with Gasteiger partial charge in [-0.2, -0.15) is 0 Å². The van der Waals surface area contributed by atoms with Crippen LogP contribution in [0.2, 0.25) is 0 Å². The zero-order valence-electron chi connectivity index (χ0n) is 15.6. The van der Waals surface area contributed by atoms with Crippen molar-refractivity contribution in [2.45, 2.75) is 44.4 Å². The Labute approximate surface area is 155 Å². The first kappa shape index (κ1) is 18.9. The number of rotatable bonds is 6. The van der Waals surface area contributed by atoms with Crippen molar-refractivity contribution < 1.29 is 9.47 Å². The Morgan fingerprint density at radius 1 is 1.27 bits per heavy atom. The van der Waals surface area contributed by atoms with Crippen molar-refractivity contribution >= 4 is 5.96 Å². The van der Waals surface area contributed by atoms with E-state index in [1.807, 2.05) is 19.3 Å². The van der Waals surface area contributed by atoms with Gasteiger partial charge in [0.15, 0.2) is 5.96 Å². The van der Waals surface area contributed by atoms with Gasteiger partial charge in [0, 0.05) is 52.1 Å². The summed E-state index contributed by atoms with van der Waals surface area (Å²) in [6, 6.07) is 5.27. The van der Waals surface area contributed by atoms with Crippen molar-refractivity contribution in [3.8, 4) is 0 Å². The molecule has 0 aromatic carbocycles. The molecular formula is C19H30N4O3. The van der Waals surface area contributed by atoms with Crippen LogP contribution in [0.5, 0.6) is 0 Å². The number of hydrogen-bond acceptors (Lipinski definition) is 4. The number of morpholine rings is 1. The van der Waals surface area contributed by atoms with Gasteiger partial charge in [0.1, 0.15) is 6.10 Å². The van der Waals surface area contributed by atoms with Gasteiger partial charge in [-0.3, -0.25) is 9.79 Å². The largest absolute Gasteiger partial charge is 0.375 e. The number of unbranched alkanes of at least 4 members (excludes halogenated alkanes) is 1. The van der Waals surface area contributed by atoms with Crippen molar-refractivity contribution in [2.24, 2.45) is 4.99 Å². The lowest BCUT2D eigenvalue weighted by molar-refractivity contribution is -0.0816. The lowest BCUT2D eigenvalue weighted by atomic mass is 10.1. The van der Waals surface area contributed by atoms with Crippen molar-refractivity contribution in [1.82, 2.24) is 14.8 Å². The highest BCUT2D eigenvalue weighted by Crippen LogP contribution is 2.20. The Bertz CT molecular complexity index is 640. The molecular weight excluding hydrogens is 332 g/mol. The van der Waals surface area contributed by atoms with Crippen molar-refractivity contribution in [1.29, 1.82) is 0 Å². The summed E-state index contributed by atoms with van der Waals surface area (Å²) < 4.78 is 13.4. The van der Waals surface area contributed by atoms with Crippen LogP contribution in [0.25, 0.3) is 0 Å². The number of hydrogen-bond donors (Lipinski definition) is 1. The van der Waals surface area contributed by atoms with Gasteiger partial charge in [0.2, 0.25) is 5.56 Å². The molecule has 1 N–H and O–H groups in total. The highest BCUT2D eigenvalue weighted by atomic mass is 16.5. The summed E-state index contributed by atoms with van der Waals surface area (Å²) in [5.74, 6) is 0.924. The van der Waals surface area contributed by atoms with Crippen LogP contribution in [0.3, 0.4) is 0 Å². The fourth-order valence-corrected chi connectivity index (χ4v) is 3.57.